The molecule has 0 spiro atoms. The van der Waals surface area contributed by atoms with Crippen LogP contribution in [0.25, 0.3) is 0 Å². The van der Waals surface area contributed by atoms with Gasteiger partial charge in [-0.2, -0.15) is 0 Å². The molecule has 2 aromatic rings. The normalized spacial score (nSPS) is 10.5. The van der Waals surface area contributed by atoms with Gasteiger partial charge in [-0.05, 0) is 50.1 Å². The predicted octanol–water partition coefficient (Wildman–Crippen LogP) is 5.55. The number of carbonyl (C=O) groups is 1. The number of benzene rings is 2. The van der Waals surface area contributed by atoms with Gasteiger partial charge in [0.15, 0.2) is 0 Å². The zero-order valence-corrected chi connectivity index (χ0v) is 16.4. The average Bonchev–Trinajstić information content (AvgIpc) is 2.57. The Kier molecular flexibility index (Phi) is 7.00. The second-order valence-electron chi connectivity index (χ2n) is 5.98. The number of rotatable bonds is 7. The van der Waals surface area contributed by atoms with Crippen molar-refractivity contribution in [1.29, 1.82) is 0 Å². The molecule has 0 bridgehead atoms. The maximum absolute atomic E-state index is 11.8. The smallest absolute Gasteiger partial charge is 0.339 e. The van der Waals surface area contributed by atoms with Gasteiger partial charge in [-0.25, -0.2) is 4.79 Å². The first-order valence-electron chi connectivity index (χ1n) is 8.00. The van der Waals surface area contributed by atoms with E-state index in [0.717, 1.165) is 10.5 Å². The van der Waals surface area contributed by atoms with E-state index in [0.29, 0.717) is 34.1 Å². The van der Waals surface area contributed by atoms with Gasteiger partial charge in [-0.15, -0.1) is 11.8 Å². The lowest BCUT2D eigenvalue weighted by Crippen LogP contribution is -2.06. The number of phenols is 1. The highest BCUT2D eigenvalue weighted by Gasteiger charge is 2.22. The summed E-state index contributed by atoms with van der Waals surface area (Å²) in [5.41, 5.74) is 1.96. The molecule has 0 atom stereocenters. The van der Waals surface area contributed by atoms with Crippen LogP contribution in [0.1, 0.15) is 35.3 Å². The highest BCUT2D eigenvalue weighted by Crippen LogP contribution is 2.38. The van der Waals surface area contributed by atoms with Gasteiger partial charge in [0, 0.05) is 21.2 Å². The first kappa shape index (κ1) is 20.2. The van der Waals surface area contributed by atoms with Crippen molar-refractivity contribution in [2.24, 2.45) is 0 Å². The molecule has 0 aliphatic heterocycles. The van der Waals surface area contributed by atoms with Crippen LogP contribution in [0.2, 0.25) is 5.02 Å². The van der Waals surface area contributed by atoms with Gasteiger partial charge in [-0.3, -0.25) is 0 Å². The van der Waals surface area contributed by atoms with Crippen molar-refractivity contribution in [3.05, 3.63) is 63.7 Å². The molecule has 0 radical (unpaired) electrons. The summed E-state index contributed by atoms with van der Waals surface area (Å²) in [5.74, 6) is -0.553. The van der Waals surface area contributed by atoms with Gasteiger partial charge in [0.2, 0.25) is 0 Å². The summed E-state index contributed by atoms with van der Waals surface area (Å²) >= 11 is 7.43. The van der Waals surface area contributed by atoms with Crippen molar-refractivity contribution in [2.75, 3.05) is 7.11 Å². The maximum Gasteiger partial charge on any atom is 0.339 e. The van der Waals surface area contributed by atoms with E-state index in [9.17, 15) is 15.0 Å². The van der Waals surface area contributed by atoms with Gasteiger partial charge in [0.05, 0.1) is 7.11 Å². The van der Waals surface area contributed by atoms with Crippen LogP contribution < -0.4 is 4.74 Å². The third-order valence-electron chi connectivity index (χ3n) is 3.79. The number of carboxylic acid groups (broad SMARTS) is 1. The molecule has 0 saturated carbocycles. The SMILES string of the molecule is COc1cc(CSc2cccc(Cl)c2)c(C(=O)O)c(O)c1CC=C(C)C. The molecule has 0 amide bonds. The van der Waals surface area contributed by atoms with Crippen molar-refractivity contribution in [2.45, 2.75) is 30.9 Å². The molecule has 0 saturated heterocycles. The number of hydrogen-bond acceptors (Lipinski definition) is 4. The molecule has 2 aromatic carbocycles. The minimum atomic E-state index is -1.16. The van der Waals surface area contributed by atoms with Crippen LogP contribution in [-0.4, -0.2) is 23.3 Å². The van der Waals surface area contributed by atoms with Gasteiger partial charge in [-0.1, -0.05) is 29.3 Å². The fourth-order valence-electron chi connectivity index (χ4n) is 2.49. The number of halogens is 1. The number of ether oxygens (including phenoxy) is 1. The maximum atomic E-state index is 11.8. The molecule has 4 nitrogen and oxygen atoms in total. The lowest BCUT2D eigenvalue weighted by atomic mass is 9.99. The van der Waals surface area contributed by atoms with E-state index in [2.05, 4.69) is 0 Å². The van der Waals surface area contributed by atoms with E-state index in [1.54, 1.807) is 12.1 Å². The molecule has 138 valence electrons. The van der Waals surface area contributed by atoms with E-state index in [4.69, 9.17) is 16.3 Å². The van der Waals surface area contributed by atoms with E-state index < -0.39 is 5.97 Å². The second-order valence-corrected chi connectivity index (χ2v) is 7.46. The largest absolute Gasteiger partial charge is 0.507 e. The Morgan fingerprint density at radius 2 is 2.04 bits per heavy atom. The van der Waals surface area contributed by atoms with Crippen LogP contribution in [-0.2, 0) is 12.2 Å². The topological polar surface area (TPSA) is 66.8 Å². The first-order valence-corrected chi connectivity index (χ1v) is 9.36. The van der Waals surface area contributed by atoms with Gasteiger partial charge in [0.1, 0.15) is 17.1 Å². The zero-order valence-electron chi connectivity index (χ0n) is 14.9. The standard InChI is InChI=1S/C20H21ClO4S/c1-12(2)7-8-16-17(25-3)9-13(18(19(16)22)20(23)24)11-26-15-6-4-5-14(21)10-15/h4-7,9-10,22H,8,11H2,1-3H3,(H,23,24). The van der Waals surface area contributed by atoms with Gasteiger partial charge >= 0.3 is 5.97 Å². The summed E-state index contributed by atoms with van der Waals surface area (Å²) in [7, 11) is 1.51. The summed E-state index contributed by atoms with van der Waals surface area (Å²) in [6.07, 6.45) is 2.32. The van der Waals surface area contributed by atoms with E-state index >= 15 is 0 Å². The third-order valence-corrected chi connectivity index (χ3v) is 5.06. The van der Waals surface area contributed by atoms with Crippen LogP contribution in [0, 0.1) is 0 Å². The highest BCUT2D eigenvalue weighted by molar-refractivity contribution is 7.98. The Morgan fingerprint density at radius 1 is 1.31 bits per heavy atom. The molecule has 0 fully saturated rings. The molecule has 0 aromatic heterocycles. The Balaban J connectivity index is 2.43. The lowest BCUT2D eigenvalue weighted by molar-refractivity contribution is 0.0692. The van der Waals surface area contributed by atoms with Crippen LogP contribution in [0.5, 0.6) is 11.5 Å². The van der Waals surface area contributed by atoms with Crippen LogP contribution >= 0.6 is 23.4 Å². The Labute approximate surface area is 162 Å². The Hall–Kier alpha value is -2.11. The van der Waals surface area contributed by atoms with E-state index in [1.807, 2.05) is 38.1 Å². The summed E-state index contributed by atoms with van der Waals surface area (Å²) in [4.78, 5) is 12.7. The highest BCUT2D eigenvalue weighted by atomic mass is 35.5. The van der Waals surface area contributed by atoms with Crippen molar-refractivity contribution in [3.8, 4) is 11.5 Å². The summed E-state index contributed by atoms with van der Waals surface area (Å²) in [5, 5.41) is 20.8. The second kappa shape index (κ2) is 9.01. The van der Waals surface area contributed by atoms with E-state index in [1.165, 1.54) is 18.9 Å². The fraction of sp³-hybridized carbons (Fsp3) is 0.250. The van der Waals surface area contributed by atoms with Crippen LogP contribution in [0.4, 0.5) is 0 Å². The Morgan fingerprint density at radius 3 is 2.62 bits per heavy atom. The molecule has 26 heavy (non-hydrogen) atoms. The van der Waals surface area contributed by atoms with Gasteiger partial charge < -0.3 is 14.9 Å². The lowest BCUT2D eigenvalue weighted by Gasteiger charge is -2.16. The van der Waals surface area contributed by atoms with E-state index in [-0.39, 0.29) is 11.3 Å². The van der Waals surface area contributed by atoms with Crippen LogP contribution in [0.15, 0.2) is 46.9 Å². The number of hydrogen-bond donors (Lipinski definition) is 2. The number of allylic oxidation sites excluding steroid dienone is 2. The van der Waals surface area contributed by atoms with Crippen molar-refractivity contribution < 1.29 is 19.7 Å². The monoisotopic (exact) mass is 392 g/mol. The Bertz CT molecular complexity index is 842. The summed E-state index contributed by atoms with van der Waals surface area (Å²) in [6, 6.07) is 9.02. The van der Waals surface area contributed by atoms with Crippen molar-refractivity contribution >= 4 is 29.3 Å². The molecular weight excluding hydrogens is 372 g/mol. The molecule has 0 heterocycles. The molecule has 6 heteroatoms. The number of methoxy groups -OCH3 is 1. The average molecular weight is 393 g/mol. The third kappa shape index (κ3) is 4.96. The fourth-order valence-corrected chi connectivity index (χ4v) is 3.68. The molecule has 0 aliphatic carbocycles. The summed E-state index contributed by atoms with van der Waals surface area (Å²) < 4.78 is 5.39. The van der Waals surface area contributed by atoms with Gasteiger partial charge in [0.25, 0.3) is 0 Å². The van der Waals surface area contributed by atoms with Crippen molar-refractivity contribution in [1.82, 2.24) is 0 Å². The van der Waals surface area contributed by atoms with Crippen molar-refractivity contribution in [3.63, 3.8) is 0 Å². The number of carboxylic acids is 1. The molecule has 2 rings (SSSR count). The first-order chi connectivity index (χ1) is 12.3. The number of aromatic carboxylic acids is 1. The summed E-state index contributed by atoms with van der Waals surface area (Å²) in [6.45, 7) is 3.88. The minimum Gasteiger partial charge on any atom is -0.507 e. The predicted molar refractivity (Wildman–Crippen MR) is 106 cm³/mol. The number of aromatic hydroxyl groups is 1. The molecule has 2 N–H and O–H groups in total. The molecular formula is C20H21ClO4S. The molecule has 0 unspecified atom stereocenters. The minimum absolute atomic E-state index is 0.0857. The molecule has 0 aliphatic rings. The number of thioether (sulfide) groups is 1. The zero-order chi connectivity index (χ0) is 19.3. The van der Waals surface area contributed by atoms with Crippen LogP contribution in [0.3, 0.4) is 0 Å². The quantitative estimate of drug-likeness (QED) is 0.477.